The fourth-order valence-electron chi connectivity index (χ4n) is 2.68. The summed E-state index contributed by atoms with van der Waals surface area (Å²) in [5, 5.41) is 13.1. The Hall–Kier alpha value is -3.53. The molecular formula is C18H17N5O4S. The van der Waals surface area contributed by atoms with E-state index in [0.29, 0.717) is 5.39 Å². The SMILES string of the molecule is CN(C)c1cccc2c(S(=O)(=O)c3cn[nH]n3)cccc12.O=C1C=CC(=O)N1. The normalized spacial score (nSPS) is 13.2. The van der Waals surface area contributed by atoms with E-state index in [-0.39, 0.29) is 21.7 Å². The lowest BCUT2D eigenvalue weighted by Crippen LogP contribution is -2.19. The van der Waals surface area contributed by atoms with Crippen LogP contribution in [0, 0.1) is 0 Å². The van der Waals surface area contributed by atoms with E-state index in [4.69, 9.17) is 0 Å². The molecule has 1 aliphatic heterocycles. The van der Waals surface area contributed by atoms with E-state index in [1.165, 1.54) is 18.3 Å². The molecule has 0 aliphatic carbocycles. The average molecular weight is 399 g/mol. The summed E-state index contributed by atoms with van der Waals surface area (Å²) in [5.41, 5.74) is 0.963. The van der Waals surface area contributed by atoms with Gasteiger partial charge in [-0.3, -0.25) is 14.9 Å². The fraction of sp³-hybridized carbons (Fsp3) is 0.111. The standard InChI is InChI=1S/C14H14N4O2S.C4H3NO2/c1-18(2)12-7-3-6-11-10(12)5-4-8-13(11)21(19,20)14-9-15-17-16-14;6-3-1-2-4(7)5-3/h3-9H,1-2H3,(H,15,16,17);1-2H,(H,5,6,7). The first-order chi connectivity index (χ1) is 13.3. The molecule has 0 saturated heterocycles. The van der Waals surface area contributed by atoms with Crippen molar-refractivity contribution in [1.29, 1.82) is 0 Å². The number of sulfone groups is 1. The third kappa shape index (κ3) is 3.76. The van der Waals surface area contributed by atoms with E-state index in [1.807, 2.05) is 42.5 Å². The van der Waals surface area contributed by atoms with Gasteiger partial charge < -0.3 is 4.90 Å². The molecule has 0 spiro atoms. The lowest BCUT2D eigenvalue weighted by atomic mass is 10.1. The molecule has 0 unspecified atom stereocenters. The molecule has 2 N–H and O–H groups in total. The van der Waals surface area contributed by atoms with Crippen molar-refractivity contribution in [2.75, 3.05) is 19.0 Å². The molecule has 28 heavy (non-hydrogen) atoms. The number of hydrogen-bond acceptors (Lipinski definition) is 7. The van der Waals surface area contributed by atoms with Crippen LogP contribution in [0.1, 0.15) is 0 Å². The zero-order chi connectivity index (χ0) is 20.3. The van der Waals surface area contributed by atoms with Crippen LogP contribution in [0.3, 0.4) is 0 Å². The number of carbonyl (C=O) groups excluding carboxylic acids is 2. The maximum atomic E-state index is 12.7. The molecular weight excluding hydrogens is 382 g/mol. The topological polar surface area (TPSA) is 125 Å². The minimum atomic E-state index is -3.69. The van der Waals surface area contributed by atoms with Crippen molar-refractivity contribution in [2.24, 2.45) is 0 Å². The Kier molecular flexibility index (Phi) is 5.23. The predicted molar refractivity (Wildman–Crippen MR) is 102 cm³/mol. The summed E-state index contributed by atoms with van der Waals surface area (Å²) in [6, 6.07) is 10.8. The van der Waals surface area contributed by atoms with Crippen LogP contribution >= 0.6 is 0 Å². The summed E-state index contributed by atoms with van der Waals surface area (Å²) in [6.45, 7) is 0. The molecule has 3 aromatic rings. The van der Waals surface area contributed by atoms with Crippen molar-refractivity contribution >= 4 is 38.1 Å². The summed E-state index contributed by atoms with van der Waals surface area (Å²) in [5.74, 6) is -0.657. The number of nitrogens with zero attached hydrogens (tertiary/aromatic N) is 3. The molecule has 0 bridgehead atoms. The number of nitrogens with one attached hydrogen (secondary N) is 2. The van der Waals surface area contributed by atoms with Gasteiger partial charge in [-0.2, -0.15) is 10.3 Å². The first-order valence-electron chi connectivity index (χ1n) is 8.13. The minimum absolute atomic E-state index is 0.0785. The molecule has 1 aliphatic rings. The smallest absolute Gasteiger partial charge is 0.250 e. The highest BCUT2D eigenvalue weighted by Crippen LogP contribution is 2.32. The number of amides is 2. The van der Waals surface area contributed by atoms with Gasteiger partial charge in [0.2, 0.25) is 14.9 Å². The van der Waals surface area contributed by atoms with E-state index in [9.17, 15) is 18.0 Å². The van der Waals surface area contributed by atoms with Crippen LogP contribution in [0.15, 0.2) is 64.7 Å². The maximum Gasteiger partial charge on any atom is 0.250 e. The van der Waals surface area contributed by atoms with Gasteiger partial charge in [-0.05, 0) is 12.1 Å². The number of rotatable bonds is 3. The summed E-state index contributed by atoms with van der Waals surface area (Å²) in [6.07, 6.45) is 3.61. The van der Waals surface area contributed by atoms with Gasteiger partial charge in [0.1, 0.15) is 0 Å². The second kappa shape index (κ2) is 7.61. The minimum Gasteiger partial charge on any atom is -0.377 e. The number of aromatic nitrogens is 3. The quantitative estimate of drug-likeness (QED) is 0.631. The van der Waals surface area contributed by atoms with Crippen LogP contribution in [0.4, 0.5) is 5.69 Å². The highest BCUT2D eigenvalue weighted by atomic mass is 32.2. The Labute approximate surface area is 161 Å². The van der Waals surface area contributed by atoms with Crippen molar-refractivity contribution in [3.05, 3.63) is 54.7 Å². The lowest BCUT2D eigenvalue weighted by molar-refractivity contribution is -0.123. The molecule has 2 aromatic carbocycles. The highest BCUT2D eigenvalue weighted by molar-refractivity contribution is 7.91. The number of benzene rings is 2. The molecule has 4 rings (SSSR count). The number of hydrogen-bond donors (Lipinski definition) is 2. The second-order valence-corrected chi connectivity index (χ2v) is 7.89. The van der Waals surface area contributed by atoms with E-state index in [1.54, 1.807) is 18.2 Å². The van der Waals surface area contributed by atoms with Gasteiger partial charge >= 0.3 is 0 Å². The van der Waals surface area contributed by atoms with Gasteiger partial charge in [-0.15, -0.1) is 5.10 Å². The van der Waals surface area contributed by atoms with Crippen molar-refractivity contribution in [3.63, 3.8) is 0 Å². The van der Waals surface area contributed by atoms with Gasteiger partial charge in [-0.1, -0.05) is 24.3 Å². The summed E-state index contributed by atoms with van der Waals surface area (Å²) in [4.78, 5) is 22.3. The largest absolute Gasteiger partial charge is 0.377 e. The number of carbonyl (C=O) groups is 2. The van der Waals surface area contributed by atoms with Gasteiger partial charge in [0.05, 0.1) is 11.1 Å². The van der Waals surface area contributed by atoms with Crippen molar-refractivity contribution in [3.8, 4) is 0 Å². The summed E-state index contributed by atoms with van der Waals surface area (Å²) >= 11 is 0. The van der Waals surface area contributed by atoms with E-state index in [2.05, 4.69) is 15.4 Å². The Bertz CT molecular complexity index is 1150. The molecule has 0 atom stereocenters. The molecule has 2 heterocycles. The molecule has 2 amide bonds. The summed E-state index contributed by atoms with van der Waals surface area (Å²) < 4.78 is 25.3. The van der Waals surface area contributed by atoms with E-state index >= 15 is 0 Å². The third-order valence-corrected chi connectivity index (χ3v) is 5.61. The maximum absolute atomic E-state index is 12.7. The Morgan fingerprint density at radius 2 is 1.57 bits per heavy atom. The third-order valence-electron chi connectivity index (χ3n) is 3.93. The van der Waals surface area contributed by atoms with Crippen LogP contribution in [0.2, 0.25) is 0 Å². The van der Waals surface area contributed by atoms with Gasteiger partial charge in [0.15, 0.2) is 0 Å². The first-order valence-corrected chi connectivity index (χ1v) is 9.62. The van der Waals surface area contributed by atoms with E-state index in [0.717, 1.165) is 11.1 Å². The molecule has 0 radical (unpaired) electrons. The molecule has 1 aromatic heterocycles. The molecule has 144 valence electrons. The first kappa shape index (κ1) is 19.2. The summed E-state index contributed by atoms with van der Waals surface area (Å²) in [7, 11) is 0.160. The predicted octanol–water partition coefficient (Wildman–Crippen LogP) is 1.06. The number of aromatic amines is 1. The lowest BCUT2D eigenvalue weighted by Gasteiger charge is -2.16. The molecule has 0 fully saturated rings. The van der Waals surface area contributed by atoms with Crippen LogP contribution < -0.4 is 10.2 Å². The number of imide groups is 1. The molecule has 9 nitrogen and oxygen atoms in total. The average Bonchev–Trinajstić information content (AvgIpc) is 3.33. The zero-order valence-corrected chi connectivity index (χ0v) is 15.9. The van der Waals surface area contributed by atoms with Gasteiger partial charge in [0.25, 0.3) is 11.8 Å². The van der Waals surface area contributed by atoms with Crippen molar-refractivity contribution < 1.29 is 18.0 Å². The fourth-order valence-corrected chi connectivity index (χ4v) is 3.98. The van der Waals surface area contributed by atoms with Crippen LogP contribution in [0.5, 0.6) is 0 Å². The van der Waals surface area contributed by atoms with Crippen LogP contribution in [-0.2, 0) is 19.4 Å². The zero-order valence-electron chi connectivity index (χ0n) is 15.1. The van der Waals surface area contributed by atoms with Crippen molar-refractivity contribution in [2.45, 2.75) is 9.92 Å². The van der Waals surface area contributed by atoms with E-state index < -0.39 is 9.84 Å². The second-order valence-electron chi connectivity index (χ2n) is 6.02. The molecule has 0 saturated carbocycles. The monoisotopic (exact) mass is 399 g/mol. The van der Waals surface area contributed by atoms with Crippen LogP contribution in [-0.4, -0.2) is 49.7 Å². The highest BCUT2D eigenvalue weighted by Gasteiger charge is 2.23. The number of anilines is 1. The van der Waals surface area contributed by atoms with Gasteiger partial charge in [-0.25, -0.2) is 8.42 Å². The number of fused-ring (bicyclic) bond motifs is 1. The Balaban J connectivity index is 0.000000271. The van der Waals surface area contributed by atoms with Gasteiger partial charge in [0, 0.05) is 42.7 Å². The molecule has 10 heteroatoms. The number of H-pyrrole nitrogens is 1. The Morgan fingerprint density at radius 1 is 0.929 bits per heavy atom. The Morgan fingerprint density at radius 3 is 2.11 bits per heavy atom. The van der Waals surface area contributed by atoms with Crippen LogP contribution in [0.25, 0.3) is 10.8 Å². The van der Waals surface area contributed by atoms with Crippen molar-refractivity contribution in [1.82, 2.24) is 20.7 Å².